The Balaban J connectivity index is 2.14. The number of carbonyl (C=O) groups excluding carboxylic acids is 1. The largest absolute Gasteiger partial charge is 0.381 e. The molecule has 0 bridgehead atoms. The van der Waals surface area contributed by atoms with Crippen molar-refractivity contribution in [2.75, 3.05) is 19.8 Å². The lowest BCUT2D eigenvalue weighted by atomic mass is 9.81. The molecule has 4 heteroatoms. The van der Waals surface area contributed by atoms with Crippen LogP contribution in [0.25, 0.3) is 0 Å². The van der Waals surface area contributed by atoms with E-state index in [1.165, 1.54) is 0 Å². The number of nitrogens with zero attached hydrogens (tertiary/aromatic N) is 1. The molecule has 122 valence electrons. The van der Waals surface area contributed by atoms with Gasteiger partial charge in [-0.1, -0.05) is 27.7 Å². The van der Waals surface area contributed by atoms with E-state index in [0.29, 0.717) is 5.92 Å². The predicted molar refractivity (Wildman–Crippen MR) is 84.9 cm³/mol. The summed E-state index contributed by atoms with van der Waals surface area (Å²) in [7, 11) is 0. The van der Waals surface area contributed by atoms with Gasteiger partial charge in [-0.05, 0) is 43.9 Å². The summed E-state index contributed by atoms with van der Waals surface area (Å²) in [4.78, 5) is 15.0. The van der Waals surface area contributed by atoms with E-state index in [-0.39, 0.29) is 23.0 Å². The summed E-state index contributed by atoms with van der Waals surface area (Å²) < 4.78 is 5.49. The third-order valence-electron chi connectivity index (χ3n) is 5.25. The number of ether oxygens (including phenoxy) is 1. The number of carbonyl (C=O) groups is 1. The van der Waals surface area contributed by atoms with Crippen molar-refractivity contribution < 1.29 is 9.53 Å². The molecule has 0 aromatic rings. The van der Waals surface area contributed by atoms with Crippen molar-refractivity contribution in [2.45, 2.75) is 72.0 Å². The van der Waals surface area contributed by atoms with Crippen LogP contribution in [-0.2, 0) is 9.53 Å². The molecular formula is C17H32N2O2. The molecule has 0 radical (unpaired) electrons. The molecule has 0 saturated carbocycles. The number of hydrogen-bond donors (Lipinski definition) is 1. The Hall–Kier alpha value is -0.610. The van der Waals surface area contributed by atoms with E-state index in [2.05, 4.69) is 44.8 Å². The zero-order valence-electron chi connectivity index (χ0n) is 14.4. The van der Waals surface area contributed by atoms with Gasteiger partial charge in [0.05, 0.1) is 11.7 Å². The van der Waals surface area contributed by atoms with Crippen LogP contribution < -0.4 is 5.32 Å². The lowest BCUT2D eigenvalue weighted by molar-refractivity contribution is -0.135. The van der Waals surface area contributed by atoms with Crippen LogP contribution in [0.1, 0.15) is 60.3 Å². The van der Waals surface area contributed by atoms with Crippen molar-refractivity contribution in [3.63, 3.8) is 0 Å². The summed E-state index contributed by atoms with van der Waals surface area (Å²) in [5.41, 5.74) is -0.190. The van der Waals surface area contributed by atoms with Crippen molar-refractivity contribution in [3.05, 3.63) is 0 Å². The van der Waals surface area contributed by atoms with E-state index in [9.17, 15) is 4.79 Å². The second-order valence-electron chi connectivity index (χ2n) is 7.83. The minimum absolute atomic E-state index is 0.183. The average Bonchev–Trinajstić information content (AvgIpc) is 2.64. The molecule has 1 N–H and O–H groups in total. The van der Waals surface area contributed by atoms with E-state index in [4.69, 9.17) is 4.74 Å². The van der Waals surface area contributed by atoms with Crippen LogP contribution in [0.3, 0.4) is 0 Å². The Morgan fingerprint density at radius 1 is 1.33 bits per heavy atom. The van der Waals surface area contributed by atoms with Gasteiger partial charge in [0, 0.05) is 19.8 Å². The number of amides is 1. The van der Waals surface area contributed by atoms with Gasteiger partial charge >= 0.3 is 0 Å². The van der Waals surface area contributed by atoms with Crippen LogP contribution in [0.5, 0.6) is 0 Å². The molecule has 4 nitrogen and oxygen atoms in total. The SMILES string of the molecule is CCC1(C)NC(CC(C)C)N(CC2(C)CCOCC2)C1=O. The lowest BCUT2D eigenvalue weighted by Crippen LogP contribution is -2.46. The predicted octanol–water partition coefficient (Wildman–Crippen LogP) is 2.78. The Morgan fingerprint density at radius 2 is 1.95 bits per heavy atom. The van der Waals surface area contributed by atoms with Crippen LogP contribution in [0.15, 0.2) is 0 Å². The van der Waals surface area contributed by atoms with Crippen molar-refractivity contribution >= 4 is 5.91 Å². The Labute approximate surface area is 129 Å². The second kappa shape index (κ2) is 6.25. The fourth-order valence-electron chi connectivity index (χ4n) is 3.47. The van der Waals surface area contributed by atoms with Gasteiger partial charge in [0.25, 0.3) is 0 Å². The smallest absolute Gasteiger partial charge is 0.243 e. The third kappa shape index (κ3) is 3.59. The first-order valence-corrected chi connectivity index (χ1v) is 8.46. The molecule has 0 spiro atoms. The van der Waals surface area contributed by atoms with Crippen LogP contribution in [0.4, 0.5) is 0 Å². The summed E-state index contributed by atoms with van der Waals surface area (Å²) in [6, 6.07) is 0. The van der Waals surface area contributed by atoms with Crippen LogP contribution >= 0.6 is 0 Å². The Bertz CT molecular complexity index is 377. The first-order chi connectivity index (χ1) is 9.80. The maximum atomic E-state index is 12.9. The number of rotatable bonds is 5. The second-order valence-corrected chi connectivity index (χ2v) is 7.83. The molecule has 2 fully saturated rings. The van der Waals surface area contributed by atoms with E-state index in [0.717, 1.165) is 45.4 Å². The first kappa shape index (κ1) is 16.8. The maximum Gasteiger partial charge on any atom is 0.243 e. The van der Waals surface area contributed by atoms with Gasteiger partial charge in [-0.3, -0.25) is 10.1 Å². The van der Waals surface area contributed by atoms with E-state index in [1.54, 1.807) is 0 Å². The van der Waals surface area contributed by atoms with Gasteiger partial charge in [0.1, 0.15) is 0 Å². The highest BCUT2D eigenvalue weighted by Crippen LogP contribution is 2.35. The summed E-state index contributed by atoms with van der Waals surface area (Å²) >= 11 is 0. The maximum absolute atomic E-state index is 12.9. The summed E-state index contributed by atoms with van der Waals surface area (Å²) in [6.45, 7) is 13.4. The van der Waals surface area contributed by atoms with Crippen molar-refractivity contribution in [2.24, 2.45) is 11.3 Å². The molecule has 21 heavy (non-hydrogen) atoms. The third-order valence-corrected chi connectivity index (χ3v) is 5.25. The van der Waals surface area contributed by atoms with Crippen molar-refractivity contribution in [3.8, 4) is 0 Å². The highest BCUT2D eigenvalue weighted by atomic mass is 16.5. The molecule has 2 saturated heterocycles. The summed E-state index contributed by atoms with van der Waals surface area (Å²) in [6.07, 6.45) is 4.15. The van der Waals surface area contributed by atoms with Gasteiger partial charge in [0.15, 0.2) is 0 Å². The van der Waals surface area contributed by atoms with Crippen LogP contribution in [-0.4, -0.2) is 42.3 Å². The number of hydrogen-bond acceptors (Lipinski definition) is 3. The topological polar surface area (TPSA) is 41.6 Å². The summed E-state index contributed by atoms with van der Waals surface area (Å²) in [5, 5.41) is 3.60. The highest BCUT2D eigenvalue weighted by Gasteiger charge is 2.48. The van der Waals surface area contributed by atoms with Gasteiger partial charge < -0.3 is 9.64 Å². The molecule has 2 unspecified atom stereocenters. The van der Waals surface area contributed by atoms with E-state index < -0.39 is 0 Å². The molecule has 0 aliphatic carbocycles. The number of nitrogens with one attached hydrogen (secondary N) is 1. The van der Waals surface area contributed by atoms with Crippen LogP contribution in [0, 0.1) is 11.3 Å². The van der Waals surface area contributed by atoms with Gasteiger partial charge in [-0.2, -0.15) is 0 Å². The fraction of sp³-hybridized carbons (Fsp3) is 0.941. The molecule has 0 aromatic carbocycles. The monoisotopic (exact) mass is 296 g/mol. The lowest BCUT2D eigenvalue weighted by Gasteiger charge is -2.39. The van der Waals surface area contributed by atoms with Gasteiger partial charge in [-0.25, -0.2) is 0 Å². The zero-order chi connectivity index (χ0) is 15.7. The molecule has 2 rings (SSSR count). The van der Waals surface area contributed by atoms with E-state index in [1.807, 2.05) is 0 Å². The normalized spacial score (nSPS) is 33.0. The fourth-order valence-corrected chi connectivity index (χ4v) is 3.47. The Morgan fingerprint density at radius 3 is 2.48 bits per heavy atom. The molecule has 2 aliphatic heterocycles. The van der Waals surface area contributed by atoms with Gasteiger partial charge in [-0.15, -0.1) is 0 Å². The van der Waals surface area contributed by atoms with Gasteiger partial charge in [0.2, 0.25) is 5.91 Å². The molecule has 2 atom stereocenters. The van der Waals surface area contributed by atoms with Crippen molar-refractivity contribution in [1.82, 2.24) is 10.2 Å². The minimum atomic E-state index is -0.388. The average molecular weight is 296 g/mol. The molecule has 1 amide bonds. The molecule has 0 aromatic heterocycles. The zero-order valence-corrected chi connectivity index (χ0v) is 14.4. The van der Waals surface area contributed by atoms with Crippen LogP contribution in [0.2, 0.25) is 0 Å². The molecular weight excluding hydrogens is 264 g/mol. The quantitative estimate of drug-likeness (QED) is 0.848. The molecule has 2 heterocycles. The Kier molecular flexibility index (Phi) is 4.99. The van der Waals surface area contributed by atoms with Crippen molar-refractivity contribution in [1.29, 1.82) is 0 Å². The van der Waals surface area contributed by atoms with E-state index >= 15 is 0 Å². The molecule has 2 aliphatic rings. The standard InChI is InChI=1S/C17H32N2O2/c1-6-17(5)15(20)19(14(18-17)11-13(2)3)12-16(4)7-9-21-10-8-16/h13-14,18H,6-12H2,1-5H3. The highest BCUT2D eigenvalue weighted by molar-refractivity contribution is 5.88. The minimum Gasteiger partial charge on any atom is -0.381 e. The first-order valence-electron chi connectivity index (χ1n) is 8.46. The summed E-state index contributed by atoms with van der Waals surface area (Å²) in [5.74, 6) is 0.864.